The second-order valence-electron chi connectivity index (χ2n) is 5.33. The van der Waals surface area contributed by atoms with Crippen molar-refractivity contribution in [2.24, 2.45) is 9.98 Å². The van der Waals surface area contributed by atoms with E-state index in [2.05, 4.69) is 81.0 Å². The molecule has 0 aliphatic rings. The smallest absolute Gasteiger partial charge is 0.0688 e. The molecule has 0 saturated carbocycles. The van der Waals surface area contributed by atoms with Crippen molar-refractivity contribution < 1.29 is 0 Å². The van der Waals surface area contributed by atoms with Gasteiger partial charge in [-0.25, -0.2) is 0 Å². The van der Waals surface area contributed by atoms with E-state index in [0.717, 1.165) is 11.4 Å². The largest absolute Gasteiger partial charge is 0.255 e. The van der Waals surface area contributed by atoms with Gasteiger partial charge in [0.25, 0.3) is 0 Å². The molecule has 0 unspecified atom stereocenters. The molecule has 2 aromatic carbocycles. The van der Waals surface area contributed by atoms with Gasteiger partial charge in [0.15, 0.2) is 0 Å². The summed E-state index contributed by atoms with van der Waals surface area (Å²) in [5.41, 5.74) is 6.79. The fraction of sp³-hybridized carbons (Fsp3) is 0.300. The number of aliphatic imine (C=N–C) groups is 2. The van der Waals surface area contributed by atoms with E-state index in [9.17, 15) is 0 Å². The third-order valence-corrected chi connectivity index (χ3v) is 3.35. The fourth-order valence-electron chi connectivity index (χ4n) is 2.23. The van der Waals surface area contributed by atoms with Crippen molar-refractivity contribution in [3.63, 3.8) is 0 Å². The molecule has 0 amide bonds. The van der Waals surface area contributed by atoms with Gasteiger partial charge in [0.05, 0.1) is 11.4 Å². The number of rotatable bonds is 3. The number of hydrogen-bond acceptors (Lipinski definition) is 2. The van der Waals surface area contributed by atoms with Crippen molar-refractivity contribution >= 4 is 48.9 Å². The van der Waals surface area contributed by atoms with E-state index < -0.39 is 0 Å². The van der Waals surface area contributed by atoms with E-state index in [1.165, 1.54) is 26.3 Å². The molecule has 0 bridgehead atoms. The van der Waals surface area contributed by atoms with Crippen LogP contribution in [0.1, 0.15) is 29.2 Å². The Kier molecular flexibility index (Phi) is 8.96. The zero-order chi connectivity index (χ0) is 17.2. The number of nitrogens with zero attached hydrogens (tertiary/aromatic N) is 2. The summed E-state index contributed by atoms with van der Waals surface area (Å²) in [7, 11) is 0. The van der Waals surface area contributed by atoms with Crippen LogP contribution < -0.4 is 0 Å². The summed E-state index contributed by atoms with van der Waals surface area (Å²) in [6.07, 6.45) is 3.53. The Labute approximate surface area is 155 Å². The van der Waals surface area contributed by atoms with Crippen LogP contribution in [-0.4, -0.2) is 37.5 Å². The number of benzene rings is 2. The number of aryl methyl sites for hydroxylation is 4. The molecule has 23 heavy (non-hydrogen) atoms. The molecule has 0 atom stereocenters. The average Bonchev–Trinajstić information content (AvgIpc) is 2.49. The minimum atomic E-state index is 1.03. The molecule has 2 aromatic rings. The molecule has 3 heteroatoms. The molecule has 0 spiro atoms. The van der Waals surface area contributed by atoms with Crippen molar-refractivity contribution in [1.29, 1.82) is 0 Å². The maximum Gasteiger partial charge on any atom is 0.0688 e. The van der Waals surface area contributed by atoms with Gasteiger partial charge in [-0.05, 0) is 49.9 Å². The maximum absolute atomic E-state index is 4.51. The van der Waals surface area contributed by atoms with Crippen molar-refractivity contribution in [1.82, 2.24) is 0 Å². The topological polar surface area (TPSA) is 24.7 Å². The predicted octanol–water partition coefficient (Wildman–Crippen LogP) is 5.62. The van der Waals surface area contributed by atoms with Gasteiger partial charge in [-0.1, -0.05) is 36.4 Å². The Hall–Kier alpha value is -1.32. The molecule has 0 aliphatic heterocycles. The first-order chi connectivity index (χ1) is 11.0. The van der Waals surface area contributed by atoms with Crippen LogP contribution >= 0.6 is 0 Å². The molecule has 0 fully saturated rings. The molecule has 2 rings (SSSR count). The van der Waals surface area contributed by atoms with Crippen LogP contribution in [0.3, 0.4) is 0 Å². The number of para-hydroxylation sites is 2. The minimum Gasteiger partial charge on any atom is -0.255 e. The Balaban J connectivity index is 0.000000816. The second-order valence-corrected chi connectivity index (χ2v) is 7.57. The van der Waals surface area contributed by atoms with Crippen LogP contribution in [0.5, 0.6) is 0 Å². The van der Waals surface area contributed by atoms with Crippen molar-refractivity contribution in [2.75, 3.05) is 0 Å². The first-order valence-corrected chi connectivity index (χ1v) is 10.0. The van der Waals surface area contributed by atoms with Crippen molar-refractivity contribution in [2.45, 2.75) is 38.7 Å². The first kappa shape index (κ1) is 19.7. The third kappa shape index (κ3) is 6.36. The van der Waals surface area contributed by atoms with E-state index in [4.69, 9.17) is 0 Å². The van der Waals surface area contributed by atoms with Gasteiger partial charge in [0, 0.05) is 12.4 Å². The zero-order valence-corrected chi connectivity index (χ0v) is 17.8. The van der Waals surface area contributed by atoms with Crippen LogP contribution in [-0.2, 0) is 0 Å². The Bertz CT molecular complexity index is 588. The molecular formula is C20H25N2Po. The van der Waals surface area contributed by atoms with E-state index in [1.54, 1.807) is 37.5 Å². The van der Waals surface area contributed by atoms with Crippen LogP contribution in [0.15, 0.2) is 46.4 Å². The molecule has 0 aliphatic carbocycles. The maximum atomic E-state index is 4.51. The minimum absolute atomic E-state index is 1.03. The van der Waals surface area contributed by atoms with Gasteiger partial charge in [-0.2, -0.15) is 0 Å². The van der Waals surface area contributed by atoms with E-state index in [0.29, 0.717) is 0 Å². The normalized spacial score (nSPS) is 10.9. The van der Waals surface area contributed by atoms with E-state index >= 15 is 0 Å². The average molecular weight is 502 g/mol. The summed E-state index contributed by atoms with van der Waals surface area (Å²) in [5, 5.41) is 0. The SMILES string of the molecule is C[CH2][Po].Cc1cccc(C)c1N=CC=Nc1c(C)cccc1C. The van der Waals surface area contributed by atoms with Crippen LogP contribution in [0.25, 0.3) is 0 Å². The molecule has 2 nitrogen and oxygen atoms in total. The van der Waals surface area contributed by atoms with Gasteiger partial charge in [0.2, 0.25) is 0 Å². The Morgan fingerprint density at radius 2 is 1.00 bits per heavy atom. The Morgan fingerprint density at radius 3 is 1.26 bits per heavy atom. The quantitative estimate of drug-likeness (QED) is 0.487. The van der Waals surface area contributed by atoms with Gasteiger partial charge in [-0.3, -0.25) is 9.98 Å². The summed E-state index contributed by atoms with van der Waals surface area (Å²) in [5.74, 6) is 0. The predicted molar refractivity (Wildman–Crippen MR) is 104 cm³/mol. The van der Waals surface area contributed by atoms with Gasteiger partial charge < -0.3 is 0 Å². The van der Waals surface area contributed by atoms with Gasteiger partial charge in [-0.15, -0.1) is 0 Å². The summed E-state index contributed by atoms with van der Waals surface area (Å²) in [6.45, 7) is 10.4. The molecule has 0 saturated heterocycles. The first-order valence-electron chi connectivity index (χ1n) is 7.78. The fourth-order valence-corrected chi connectivity index (χ4v) is 2.23. The van der Waals surface area contributed by atoms with Gasteiger partial charge >= 0.3 is 36.1 Å². The molecule has 1 radical (unpaired) electrons. The van der Waals surface area contributed by atoms with E-state index in [-0.39, 0.29) is 0 Å². The van der Waals surface area contributed by atoms with Crippen molar-refractivity contribution in [3.8, 4) is 0 Å². The molecule has 121 valence electrons. The van der Waals surface area contributed by atoms with Gasteiger partial charge in [0.1, 0.15) is 0 Å². The van der Waals surface area contributed by atoms with E-state index in [1.807, 2.05) is 0 Å². The number of hydrogen-bond donors (Lipinski definition) is 0. The summed E-state index contributed by atoms with van der Waals surface area (Å²) in [6, 6.07) is 12.4. The monoisotopic (exact) mass is 502 g/mol. The molecule has 0 heterocycles. The van der Waals surface area contributed by atoms with Crippen molar-refractivity contribution in [3.05, 3.63) is 58.7 Å². The molecular weight excluding hydrogens is 477 g/mol. The third-order valence-electron chi connectivity index (χ3n) is 3.35. The second kappa shape index (κ2) is 10.5. The Morgan fingerprint density at radius 1 is 0.739 bits per heavy atom. The summed E-state index contributed by atoms with van der Waals surface area (Å²) in [4.78, 5) is 9.01. The van der Waals surface area contributed by atoms with Crippen LogP contribution in [0.2, 0.25) is 4.08 Å². The summed E-state index contributed by atoms with van der Waals surface area (Å²) < 4.78 is 1.33. The van der Waals surface area contributed by atoms with Crippen LogP contribution in [0.4, 0.5) is 11.4 Å². The summed E-state index contributed by atoms with van der Waals surface area (Å²) >= 11 is 1.67. The zero-order valence-electron chi connectivity index (χ0n) is 14.6. The standard InChI is InChI=1S/C18H20N2.C2H5.Po/c1-13-7-5-8-14(2)17(13)19-11-12-20-18-15(3)9-6-10-16(18)4;1-2;/h5-12H,1-4H3;1H2,2H3;. The molecule has 0 aromatic heterocycles. The molecule has 0 N–H and O–H groups in total. The van der Waals surface area contributed by atoms with Crippen LogP contribution in [0, 0.1) is 27.7 Å².